The molecule has 0 saturated carbocycles. The molecule has 2 rings (SSSR count). The van der Waals surface area contributed by atoms with Gasteiger partial charge in [0.1, 0.15) is 11.6 Å². The lowest BCUT2D eigenvalue weighted by Gasteiger charge is -2.07. The highest BCUT2D eigenvalue weighted by molar-refractivity contribution is 5.50. The monoisotopic (exact) mass is 217 g/mol. The van der Waals surface area contributed by atoms with E-state index in [1.807, 2.05) is 36.9 Å². The number of nitrogens with zero attached hydrogens (tertiary/aromatic N) is 2. The van der Waals surface area contributed by atoms with E-state index in [-0.39, 0.29) is 0 Å². The number of anilines is 1. The van der Waals surface area contributed by atoms with Crippen LogP contribution in [-0.4, -0.2) is 14.7 Å². The van der Waals surface area contributed by atoms with Gasteiger partial charge in [-0.05, 0) is 18.6 Å². The van der Waals surface area contributed by atoms with Crippen molar-refractivity contribution in [2.45, 2.75) is 13.5 Å². The van der Waals surface area contributed by atoms with E-state index in [0.29, 0.717) is 12.3 Å². The van der Waals surface area contributed by atoms with E-state index in [4.69, 9.17) is 0 Å². The third-order valence-electron chi connectivity index (χ3n) is 2.58. The van der Waals surface area contributed by atoms with Gasteiger partial charge < -0.3 is 15.0 Å². The van der Waals surface area contributed by atoms with E-state index < -0.39 is 0 Å². The van der Waals surface area contributed by atoms with Crippen molar-refractivity contribution in [2.75, 3.05) is 5.32 Å². The first-order valence-electron chi connectivity index (χ1n) is 5.16. The van der Waals surface area contributed by atoms with Crippen LogP contribution >= 0.6 is 0 Å². The molecule has 1 aromatic carbocycles. The molecule has 1 aromatic heterocycles. The van der Waals surface area contributed by atoms with Crippen LogP contribution < -0.4 is 5.32 Å². The van der Waals surface area contributed by atoms with Crippen LogP contribution in [0.2, 0.25) is 0 Å². The van der Waals surface area contributed by atoms with Gasteiger partial charge in [-0.15, -0.1) is 0 Å². The van der Waals surface area contributed by atoms with Crippen LogP contribution in [0.3, 0.4) is 0 Å². The van der Waals surface area contributed by atoms with E-state index >= 15 is 0 Å². The topological polar surface area (TPSA) is 50.1 Å². The summed E-state index contributed by atoms with van der Waals surface area (Å²) in [6.45, 7) is 2.52. The van der Waals surface area contributed by atoms with Gasteiger partial charge in [0.2, 0.25) is 0 Å². The molecule has 0 unspecified atom stereocenters. The molecule has 0 fully saturated rings. The largest absolute Gasteiger partial charge is 0.508 e. The second-order valence-corrected chi connectivity index (χ2v) is 3.81. The van der Waals surface area contributed by atoms with Gasteiger partial charge in [0.25, 0.3) is 0 Å². The fourth-order valence-electron chi connectivity index (χ4n) is 1.47. The number of rotatable bonds is 3. The highest BCUT2D eigenvalue weighted by Crippen LogP contribution is 2.20. The minimum absolute atomic E-state index is 0.310. The van der Waals surface area contributed by atoms with Crippen LogP contribution in [0, 0.1) is 6.92 Å². The smallest absolute Gasteiger partial charge is 0.127 e. The number of nitrogens with one attached hydrogen (secondary N) is 1. The van der Waals surface area contributed by atoms with E-state index in [1.165, 1.54) is 0 Å². The molecule has 0 aliphatic carbocycles. The molecule has 0 amide bonds. The van der Waals surface area contributed by atoms with Crippen LogP contribution in [0.1, 0.15) is 11.4 Å². The molecule has 0 radical (unpaired) electrons. The summed E-state index contributed by atoms with van der Waals surface area (Å²) in [6.07, 6.45) is 3.67. The van der Waals surface area contributed by atoms with Crippen molar-refractivity contribution in [2.24, 2.45) is 7.05 Å². The van der Waals surface area contributed by atoms with Crippen molar-refractivity contribution in [3.8, 4) is 5.75 Å². The Morgan fingerprint density at radius 3 is 2.88 bits per heavy atom. The maximum atomic E-state index is 9.55. The molecule has 16 heavy (non-hydrogen) atoms. The number of aryl methyl sites for hydroxylation is 2. The second-order valence-electron chi connectivity index (χ2n) is 3.81. The molecule has 0 saturated heterocycles. The third kappa shape index (κ3) is 2.16. The van der Waals surface area contributed by atoms with Crippen molar-refractivity contribution in [3.63, 3.8) is 0 Å². The summed E-state index contributed by atoms with van der Waals surface area (Å²) in [5.74, 6) is 1.27. The summed E-state index contributed by atoms with van der Waals surface area (Å²) >= 11 is 0. The van der Waals surface area contributed by atoms with Gasteiger partial charge in [0.15, 0.2) is 0 Å². The summed E-state index contributed by atoms with van der Waals surface area (Å²) in [5.41, 5.74) is 1.77. The van der Waals surface area contributed by atoms with Gasteiger partial charge in [-0.25, -0.2) is 4.98 Å². The second kappa shape index (κ2) is 4.26. The van der Waals surface area contributed by atoms with Crippen molar-refractivity contribution in [1.29, 1.82) is 0 Å². The fourth-order valence-corrected chi connectivity index (χ4v) is 1.47. The number of hydrogen-bond donors (Lipinski definition) is 2. The molecule has 2 aromatic rings. The summed E-state index contributed by atoms with van der Waals surface area (Å²) in [4.78, 5) is 4.21. The van der Waals surface area contributed by atoms with E-state index in [0.717, 1.165) is 17.1 Å². The quantitative estimate of drug-likeness (QED) is 0.827. The normalized spacial score (nSPS) is 10.4. The highest BCUT2D eigenvalue weighted by Gasteiger charge is 2.00. The van der Waals surface area contributed by atoms with Crippen LogP contribution in [0.5, 0.6) is 5.75 Å². The predicted octanol–water partition coefficient (Wildman–Crippen LogP) is 2.05. The van der Waals surface area contributed by atoms with Crippen LogP contribution in [0.15, 0.2) is 30.6 Å². The minimum Gasteiger partial charge on any atom is -0.508 e. The summed E-state index contributed by atoms with van der Waals surface area (Å²) < 4.78 is 1.96. The zero-order valence-corrected chi connectivity index (χ0v) is 9.44. The third-order valence-corrected chi connectivity index (χ3v) is 2.58. The number of aromatic nitrogens is 2. The Labute approximate surface area is 94.6 Å². The first-order valence-corrected chi connectivity index (χ1v) is 5.16. The number of phenolic OH excluding ortho intramolecular Hbond substituents is 1. The van der Waals surface area contributed by atoms with Crippen LogP contribution in [0.4, 0.5) is 5.69 Å². The number of hydrogen-bond acceptors (Lipinski definition) is 3. The zero-order chi connectivity index (χ0) is 11.5. The van der Waals surface area contributed by atoms with Gasteiger partial charge >= 0.3 is 0 Å². The Balaban J connectivity index is 2.05. The first-order chi connectivity index (χ1) is 7.66. The van der Waals surface area contributed by atoms with Crippen LogP contribution in [-0.2, 0) is 13.6 Å². The standard InChI is InChI=1S/C12H15N3O/c1-9-3-4-10(7-11(9)16)14-8-12-13-5-6-15(12)2/h3-7,14,16H,8H2,1-2H3. The van der Waals surface area contributed by atoms with Crippen molar-refractivity contribution in [3.05, 3.63) is 42.0 Å². The Kier molecular flexibility index (Phi) is 2.81. The maximum absolute atomic E-state index is 9.55. The zero-order valence-electron chi connectivity index (χ0n) is 9.44. The van der Waals surface area contributed by atoms with Gasteiger partial charge in [0.05, 0.1) is 6.54 Å². The lowest BCUT2D eigenvalue weighted by atomic mass is 10.2. The molecule has 1 heterocycles. The molecule has 0 spiro atoms. The molecule has 0 bridgehead atoms. The lowest BCUT2D eigenvalue weighted by Crippen LogP contribution is -2.05. The molecule has 4 nitrogen and oxygen atoms in total. The molecular formula is C12H15N3O. The Morgan fingerprint density at radius 2 is 2.25 bits per heavy atom. The Bertz CT molecular complexity index is 491. The van der Waals surface area contributed by atoms with Gasteiger partial charge in [-0.2, -0.15) is 0 Å². The van der Waals surface area contributed by atoms with E-state index in [9.17, 15) is 5.11 Å². The van der Waals surface area contributed by atoms with Crippen molar-refractivity contribution < 1.29 is 5.11 Å². The van der Waals surface area contributed by atoms with Crippen molar-refractivity contribution >= 4 is 5.69 Å². The molecule has 0 atom stereocenters. The minimum atomic E-state index is 0.310. The number of phenols is 1. The Hall–Kier alpha value is -1.97. The van der Waals surface area contributed by atoms with Gasteiger partial charge in [0, 0.05) is 31.2 Å². The van der Waals surface area contributed by atoms with Crippen molar-refractivity contribution in [1.82, 2.24) is 9.55 Å². The maximum Gasteiger partial charge on any atom is 0.127 e. The van der Waals surface area contributed by atoms with E-state index in [1.54, 1.807) is 12.3 Å². The number of benzene rings is 1. The number of imidazole rings is 1. The van der Waals surface area contributed by atoms with Gasteiger partial charge in [-0.3, -0.25) is 0 Å². The molecule has 0 aliphatic heterocycles. The average molecular weight is 217 g/mol. The SMILES string of the molecule is Cc1ccc(NCc2nccn2C)cc1O. The Morgan fingerprint density at radius 1 is 1.44 bits per heavy atom. The average Bonchev–Trinajstić information content (AvgIpc) is 2.66. The first kappa shape index (κ1) is 10.5. The molecule has 2 N–H and O–H groups in total. The summed E-state index contributed by atoms with van der Waals surface area (Å²) in [6, 6.07) is 5.55. The van der Waals surface area contributed by atoms with E-state index in [2.05, 4.69) is 10.3 Å². The molecular weight excluding hydrogens is 202 g/mol. The molecule has 84 valence electrons. The summed E-state index contributed by atoms with van der Waals surface area (Å²) in [7, 11) is 1.95. The molecule has 4 heteroatoms. The summed E-state index contributed by atoms with van der Waals surface area (Å²) in [5, 5.41) is 12.8. The highest BCUT2D eigenvalue weighted by atomic mass is 16.3. The van der Waals surface area contributed by atoms with Crippen LogP contribution in [0.25, 0.3) is 0 Å². The number of aromatic hydroxyl groups is 1. The molecule has 0 aliphatic rings. The predicted molar refractivity (Wildman–Crippen MR) is 63.4 cm³/mol. The lowest BCUT2D eigenvalue weighted by molar-refractivity contribution is 0.471. The van der Waals surface area contributed by atoms with Gasteiger partial charge in [-0.1, -0.05) is 6.07 Å². The fraction of sp³-hybridized carbons (Fsp3) is 0.250.